The monoisotopic (exact) mass is 514 g/mol. The number of nitrogens with zero attached hydrogens (tertiary/aromatic N) is 2. The second-order valence-electron chi connectivity index (χ2n) is 7.94. The van der Waals surface area contributed by atoms with Crippen LogP contribution < -0.4 is 16.6 Å². The minimum atomic E-state index is -4.50. The molecule has 0 saturated carbocycles. The molecule has 0 spiro atoms. The average molecular weight is 515 g/mol. The van der Waals surface area contributed by atoms with E-state index in [4.69, 9.17) is 17.3 Å². The van der Waals surface area contributed by atoms with E-state index >= 15 is 0 Å². The van der Waals surface area contributed by atoms with E-state index in [2.05, 4.69) is 10.4 Å². The van der Waals surface area contributed by atoms with Gasteiger partial charge in [-0.25, -0.2) is 0 Å². The predicted octanol–water partition coefficient (Wildman–Crippen LogP) is 4.73. The van der Waals surface area contributed by atoms with Crippen molar-refractivity contribution in [1.29, 1.82) is 0 Å². The van der Waals surface area contributed by atoms with Gasteiger partial charge >= 0.3 is 6.18 Å². The van der Waals surface area contributed by atoms with Crippen molar-refractivity contribution >= 4 is 39.9 Å². The fourth-order valence-electron chi connectivity index (χ4n) is 3.56. The summed E-state index contributed by atoms with van der Waals surface area (Å²) in [7, 11) is 0. The van der Waals surface area contributed by atoms with Gasteiger partial charge in [0.15, 0.2) is 0 Å². The first-order valence-electron chi connectivity index (χ1n) is 10.6. The summed E-state index contributed by atoms with van der Waals surface area (Å²) in [4.78, 5) is 37.0. The fraction of sp³-hybridized carbons (Fsp3) is 0.120. The number of primary amides is 1. The number of nitrogens with one attached hydrogen (secondary N) is 1. The maximum atomic E-state index is 13.1. The molecule has 0 unspecified atom stereocenters. The molecule has 1 aromatic heterocycles. The van der Waals surface area contributed by atoms with Crippen LogP contribution in [0.4, 0.5) is 18.9 Å². The summed E-state index contributed by atoms with van der Waals surface area (Å²) in [6.45, 7) is 0. The number of alkyl halides is 3. The highest BCUT2D eigenvalue weighted by molar-refractivity contribution is 6.34. The van der Waals surface area contributed by atoms with Crippen molar-refractivity contribution in [3.05, 3.63) is 98.9 Å². The summed E-state index contributed by atoms with van der Waals surface area (Å²) in [6.07, 6.45) is -2.64. The van der Waals surface area contributed by atoms with Gasteiger partial charge in [-0.15, -0.1) is 0 Å². The van der Waals surface area contributed by atoms with E-state index < -0.39 is 29.1 Å². The Bertz CT molecular complexity index is 1530. The van der Waals surface area contributed by atoms with Gasteiger partial charge < -0.3 is 11.1 Å². The number of hydrogen-bond acceptors (Lipinski definition) is 4. The lowest BCUT2D eigenvalue weighted by Crippen LogP contribution is -2.21. The average Bonchev–Trinajstić information content (AvgIpc) is 2.83. The van der Waals surface area contributed by atoms with Crippen LogP contribution in [0.5, 0.6) is 0 Å². The van der Waals surface area contributed by atoms with Gasteiger partial charge in [0.1, 0.15) is 0 Å². The van der Waals surface area contributed by atoms with Crippen molar-refractivity contribution in [1.82, 2.24) is 9.78 Å². The molecule has 0 aliphatic carbocycles. The first-order valence-corrected chi connectivity index (χ1v) is 11.0. The van der Waals surface area contributed by atoms with Crippen LogP contribution in [0.1, 0.15) is 27.9 Å². The molecule has 7 nitrogen and oxygen atoms in total. The van der Waals surface area contributed by atoms with Crippen LogP contribution in [-0.2, 0) is 17.4 Å². The van der Waals surface area contributed by atoms with Gasteiger partial charge in [-0.3, -0.25) is 14.4 Å². The summed E-state index contributed by atoms with van der Waals surface area (Å²) in [5.41, 5.74) is 5.09. The number of hydrogen-bond donors (Lipinski definition) is 2. The quantitative estimate of drug-likeness (QED) is 0.388. The molecule has 1 heterocycles. The highest BCUT2D eigenvalue weighted by Gasteiger charge is 2.30. The second-order valence-corrected chi connectivity index (χ2v) is 8.35. The molecule has 0 saturated heterocycles. The molecule has 2 amide bonds. The van der Waals surface area contributed by atoms with E-state index in [0.29, 0.717) is 23.1 Å². The maximum Gasteiger partial charge on any atom is 0.416 e. The maximum absolute atomic E-state index is 13.1. The zero-order valence-corrected chi connectivity index (χ0v) is 19.2. The molecule has 4 rings (SSSR count). The van der Waals surface area contributed by atoms with Crippen molar-refractivity contribution in [3.8, 4) is 5.69 Å². The van der Waals surface area contributed by atoms with Crippen molar-refractivity contribution in [2.45, 2.75) is 19.0 Å². The minimum Gasteiger partial charge on any atom is -0.370 e. The molecule has 11 heteroatoms. The molecule has 3 aromatic carbocycles. The smallest absolute Gasteiger partial charge is 0.370 e. The summed E-state index contributed by atoms with van der Waals surface area (Å²) in [5.74, 6) is -0.999. The lowest BCUT2D eigenvalue weighted by Gasteiger charge is -2.11. The first kappa shape index (κ1) is 24.9. The molecular formula is C25H18ClF3N4O3. The zero-order chi connectivity index (χ0) is 26.0. The number of amides is 2. The minimum absolute atomic E-state index is 0.118. The third-order valence-corrected chi connectivity index (χ3v) is 5.75. The van der Waals surface area contributed by atoms with Gasteiger partial charge in [-0.1, -0.05) is 23.7 Å². The molecule has 0 fully saturated rings. The van der Waals surface area contributed by atoms with Gasteiger partial charge in [-0.2, -0.15) is 23.0 Å². The van der Waals surface area contributed by atoms with E-state index in [9.17, 15) is 27.6 Å². The van der Waals surface area contributed by atoms with Gasteiger partial charge in [-0.05, 0) is 60.5 Å². The third kappa shape index (κ3) is 5.38. The Kier molecular flexibility index (Phi) is 6.80. The van der Waals surface area contributed by atoms with E-state index in [0.717, 1.165) is 28.9 Å². The topological polar surface area (TPSA) is 107 Å². The standard InChI is InChI=1S/C25H18ClF3N4O3/c26-21-9-1-14(2-10-22(30)34)11-20(21)23(35)32-17-6-3-15-13-31-33(24(36)19(15)12-17)18-7-4-16(5-8-18)25(27,28)29/h1,3-9,11-13H,2,10H2,(H2,30,34)(H,32,35). The van der Waals surface area contributed by atoms with Crippen LogP contribution in [-0.4, -0.2) is 21.6 Å². The van der Waals surface area contributed by atoms with E-state index in [1.165, 1.54) is 12.3 Å². The lowest BCUT2D eigenvalue weighted by atomic mass is 10.1. The summed E-state index contributed by atoms with van der Waals surface area (Å²) in [6, 6.07) is 13.4. The Balaban J connectivity index is 1.63. The van der Waals surface area contributed by atoms with Gasteiger partial charge in [0.25, 0.3) is 11.5 Å². The van der Waals surface area contributed by atoms with Crippen molar-refractivity contribution in [2.24, 2.45) is 5.73 Å². The number of fused-ring (bicyclic) bond motifs is 1. The van der Waals surface area contributed by atoms with Gasteiger partial charge in [0, 0.05) is 17.5 Å². The van der Waals surface area contributed by atoms with Crippen molar-refractivity contribution in [3.63, 3.8) is 0 Å². The molecule has 0 aliphatic rings. The number of rotatable bonds is 6. The number of benzene rings is 3. The molecule has 4 aromatic rings. The molecule has 184 valence electrons. The molecule has 36 heavy (non-hydrogen) atoms. The molecule has 0 radical (unpaired) electrons. The zero-order valence-electron chi connectivity index (χ0n) is 18.5. The molecular weight excluding hydrogens is 497 g/mol. The van der Waals surface area contributed by atoms with Crippen LogP contribution in [0.2, 0.25) is 5.02 Å². The molecule has 0 aliphatic heterocycles. The van der Waals surface area contributed by atoms with E-state index in [1.807, 2.05) is 0 Å². The number of carbonyl (C=O) groups excluding carboxylic acids is 2. The predicted molar refractivity (Wildman–Crippen MR) is 129 cm³/mol. The second kappa shape index (κ2) is 9.82. The number of aromatic nitrogens is 2. The number of carbonyl (C=O) groups is 2. The highest BCUT2D eigenvalue weighted by atomic mass is 35.5. The lowest BCUT2D eigenvalue weighted by molar-refractivity contribution is -0.137. The van der Waals surface area contributed by atoms with Crippen LogP contribution in [0, 0.1) is 0 Å². The number of nitrogens with two attached hydrogens (primary N) is 1. The van der Waals surface area contributed by atoms with E-state index in [1.54, 1.807) is 30.3 Å². The Morgan fingerprint density at radius 1 is 1.03 bits per heavy atom. The number of aryl methyl sites for hydroxylation is 1. The number of anilines is 1. The SMILES string of the molecule is NC(=O)CCc1ccc(Cl)c(C(=O)Nc2ccc3cnn(-c4ccc(C(F)(F)F)cc4)c(=O)c3c2)c1. The van der Waals surface area contributed by atoms with Crippen LogP contribution in [0.3, 0.4) is 0 Å². The largest absolute Gasteiger partial charge is 0.416 e. The van der Waals surface area contributed by atoms with Gasteiger partial charge in [0.2, 0.25) is 5.91 Å². The van der Waals surface area contributed by atoms with Crippen LogP contribution in [0.15, 0.2) is 71.7 Å². The summed E-state index contributed by atoms with van der Waals surface area (Å²) >= 11 is 6.18. The normalized spacial score (nSPS) is 11.4. The summed E-state index contributed by atoms with van der Waals surface area (Å²) < 4.78 is 39.5. The summed E-state index contributed by atoms with van der Waals surface area (Å²) in [5, 5.41) is 7.60. The Labute approximate surface area is 207 Å². The molecule has 0 bridgehead atoms. The van der Waals surface area contributed by atoms with E-state index in [-0.39, 0.29) is 28.1 Å². The Morgan fingerprint density at radius 3 is 2.42 bits per heavy atom. The Morgan fingerprint density at radius 2 is 1.75 bits per heavy atom. The highest BCUT2D eigenvalue weighted by Crippen LogP contribution is 2.29. The van der Waals surface area contributed by atoms with Crippen LogP contribution in [0.25, 0.3) is 16.5 Å². The van der Waals surface area contributed by atoms with Crippen LogP contribution >= 0.6 is 11.6 Å². The van der Waals surface area contributed by atoms with Crippen molar-refractivity contribution in [2.75, 3.05) is 5.32 Å². The molecule has 0 atom stereocenters. The third-order valence-electron chi connectivity index (χ3n) is 5.42. The molecule has 3 N–H and O–H groups in total. The van der Waals surface area contributed by atoms with Crippen molar-refractivity contribution < 1.29 is 22.8 Å². The first-order chi connectivity index (χ1) is 17.0. The fourth-order valence-corrected chi connectivity index (χ4v) is 3.77. The van der Waals surface area contributed by atoms with Gasteiger partial charge in [0.05, 0.1) is 33.4 Å². The number of halogens is 4. The Hall–Kier alpha value is -4.18.